The van der Waals surface area contributed by atoms with Crippen LogP contribution in [0.1, 0.15) is 0 Å². The van der Waals surface area contributed by atoms with Crippen LogP contribution >= 0.6 is 0 Å². The van der Waals surface area contributed by atoms with Gasteiger partial charge in [-0.05, 0) is 59.5 Å². The molecular weight excluding hydrogens is 599 g/mol. The fraction of sp³-hybridized carbons (Fsp3) is 0. The molecule has 4 heteroatoms. The van der Waals surface area contributed by atoms with Crippen LogP contribution in [0.25, 0.3) is 98.8 Å². The highest BCUT2D eigenvalue weighted by atomic mass is 16.3. The third-order valence-corrected chi connectivity index (χ3v) is 10.2. The predicted octanol–water partition coefficient (Wildman–Crippen LogP) is 12.0. The number of fused-ring (bicyclic) bond motifs is 10. The molecule has 0 spiro atoms. The van der Waals surface area contributed by atoms with Gasteiger partial charge >= 0.3 is 0 Å². The standard InChI is InChI=1S/C45H27N3O/c1-5-15-38-30(11-1)31-12-2-6-16-39(31)47(38)43-26-45-36(34-14-4-8-19-44(34)49-45)25-35(43)29-20-21-33-32-13-3-7-17-40(32)48(42(33)24-29)41-18-9-10-28-22-23-46-27-37(28)41/h1-27H. The molecule has 4 heterocycles. The predicted molar refractivity (Wildman–Crippen MR) is 203 cm³/mol. The minimum absolute atomic E-state index is 0.875. The molecule has 49 heavy (non-hydrogen) atoms. The topological polar surface area (TPSA) is 35.9 Å². The third-order valence-electron chi connectivity index (χ3n) is 10.2. The molecule has 0 bridgehead atoms. The highest BCUT2D eigenvalue weighted by molar-refractivity contribution is 6.14. The van der Waals surface area contributed by atoms with E-state index in [-0.39, 0.29) is 0 Å². The second-order valence-electron chi connectivity index (χ2n) is 12.8. The molecule has 0 amide bonds. The first-order valence-electron chi connectivity index (χ1n) is 16.6. The normalized spacial score (nSPS) is 12.1. The van der Waals surface area contributed by atoms with Crippen LogP contribution in [0, 0.1) is 0 Å². The summed E-state index contributed by atoms with van der Waals surface area (Å²) in [6.45, 7) is 0. The first-order valence-corrected chi connectivity index (χ1v) is 16.6. The Morgan fingerprint density at radius 2 is 1.04 bits per heavy atom. The molecule has 228 valence electrons. The molecule has 0 aliphatic heterocycles. The van der Waals surface area contributed by atoms with Gasteiger partial charge in [-0.1, -0.05) is 97.1 Å². The third kappa shape index (κ3) is 3.71. The highest BCUT2D eigenvalue weighted by Gasteiger charge is 2.21. The van der Waals surface area contributed by atoms with E-state index in [9.17, 15) is 0 Å². The molecule has 0 N–H and O–H groups in total. The maximum Gasteiger partial charge on any atom is 0.137 e. The van der Waals surface area contributed by atoms with Crippen molar-refractivity contribution in [2.24, 2.45) is 0 Å². The fourth-order valence-corrected chi connectivity index (χ4v) is 8.05. The zero-order chi connectivity index (χ0) is 32.1. The van der Waals surface area contributed by atoms with Gasteiger partial charge in [0.2, 0.25) is 0 Å². The summed E-state index contributed by atoms with van der Waals surface area (Å²) in [5.74, 6) is 0. The molecule has 4 nitrogen and oxygen atoms in total. The van der Waals surface area contributed by atoms with Crippen LogP contribution in [-0.2, 0) is 0 Å². The Labute approximate surface area is 280 Å². The van der Waals surface area contributed by atoms with Gasteiger partial charge in [0.05, 0.1) is 33.4 Å². The Morgan fingerprint density at radius 1 is 0.408 bits per heavy atom. The Hall–Kier alpha value is -6.65. The highest BCUT2D eigenvalue weighted by Crippen LogP contribution is 2.43. The van der Waals surface area contributed by atoms with Crippen molar-refractivity contribution in [2.45, 2.75) is 0 Å². The number of benzene rings is 7. The van der Waals surface area contributed by atoms with Gasteiger partial charge in [0.1, 0.15) is 11.2 Å². The summed E-state index contributed by atoms with van der Waals surface area (Å²) in [6, 6.07) is 54.5. The number of pyridine rings is 1. The number of aromatic nitrogens is 3. The van der Waals surface area contributed by atoms with E-state index in [1.165, 1.54) is 43.5 Å². The van der Waals surface area contributed by atoms with Gasteiger partial charge in [0.15, 0.2) is 0 Å². The Bertz CT molecular complexity index is 3060. The maximum atomic E-state index is 6.51. The number of para-hydroxylation sites is 4. The lowest BCUT2D eigenvalue weighted by molar-refractivity contribution is 0.668. The van der Waals surface area contributed by atoms with E-state index >= 15 is 0 Å². The molecular formula is C45H27N3O. The van der Waals surface area contributed by atoms with Crippen molar-refractivity contribution in [3.8, 4) is 22.5 Å². The van der Waals surface area contributed by atoms with Gasteiger partial charge in [0.25, 0.3) is 0 Å². The quantitative estimate of drug-likeness (QED) is 0.196. The second kappa shape index (κ2) is 9.93. The van der Waals surface area contributed by atoms with Gasteiger partial charge in [-0.15, -0.1) is 0 Å². The van der Waals surface area contributed by atoms with Crippen LogP contribution in [0.2, 0.25) is 0 Å². The van der Waals surface area contributed by atoms with Crippen LogP contribution in [0.15, 0.2) is 168 Å². The van der Waals surface area contributed by atoms with Crippen molar-refractivity contribution in [1.82, 2.24) is 14.1 Å². The van der Waals surface area contributed by atoms with Crippen molar-refractivity contribution in [3.05, 3.63) is 164 Å². The fourth-order valence-electron chi connectivity index (χ4n) is 8.05. The number of hydrogen-bond acceptors (Lipinski definition) is 2. The van der Waals surface area contributed by atoms with Crippen molar-refractivity contribution in [3.63, 3.8) is 0 Å². The van der Waals surface area contributed by atoms with Crippen molar-refractivity contribution in [1.29, 1.82) is 0 Å². The molecule has 0 atom stereocenters. The number of nitrogens with zero attached hydrogens (tertiary/aromatic N) is 3. The summed E-state index contributed by atoms with van der Waals surface area (Å²) >= 11 is 0. The molecule has 0 fully saturated rings. The Balaban J connectivity index is 1.28. The second-order valence-corrected chi connectivity index (χ2v) is 12.8. The Kier molecular flexibility index (Phi) is 5.35. The van der Waals surface area contributed by atoms with E-state index < -0.39 is 0 Å². The number of hydrogen-bond donors (Lipinski definition) is 0. The summed E-state index contributed by atoms with van der Waals surface area (Å²) in [5.41, 5.74) is 10.9. The average Bonchev–Trinajstić information content (AvgIpc) is 3.81. The summed E-state index contributed by atoms with van der Waals surface area (Å²) in [4.78, 5) is 4.52. The molecule has 0 saturated carbocycles. The van der Waals surface area contributed by atoms with E-state index in [0.29, 0.717) is 0 Å². The lowest BCUT2D eigenvalue weighted by Crippen LogP contribution is -1.98. The van der Waals surface area contributed by atoms with Crippen LogP contribution in [0.4, 0.5) is 0 Å². The zero-order valence-electron chi connectivity index (χ0n) is 26.3. The number of rotatable bonds is 3. The van der Waals surface area contributed by atoms with E-state index in [4.69, 9.17) is 4.42 Å². The molecule has 0 radical (unpaired) electrons. The van der Waals surface area contributed by atoms with Crippen LogP contribution in [0.3, 0.4) is 0 Å². The van der Waals surface area contributed by atoms with Crippen molar-refractivity contribution < 1.29 is 4.42 Å². The lowest BCUT2D eigenvalue weighted by atomic mass is 9.98. The monoisotopic (exact) mass is 625 g/mol. The molecule has 0 aliphatic carbocycles. The minimum Gasteiger partial charge on any atom is -0.456 e. The first kappa shape index (κ1) is 26.4. The lowest BCUT2D eigenvalue weighted by Gasteiger charge is -2.16. The molecule has 0 saturated heterocycles. The van der Waals surface area contributed by atoms with Crippen molar-refractivity contribution in [2.75, 3.05) is 0 Å². The van der Waals surface area contributed by atoms with Gasteiger partial charge in [-0.3, -0.25) is 4.98 Å². The number of furan rings is 1. The van der Waals surface area contributed by atoms with Crippen LogP contribution in [0.5, 0.6) is 0 Å². The summed E-state index contributed by atoms with van der Waals surface area (Å²) < 4.78 is 11.3. The zero-order valence-corrected chi connectivity index (χ0v) is 26.3. The molecule has 11 rings (SSSR count). The van der Waals surface area contributed by atoms with E-state index in [0.717, 1.165) is 55.3 Å². The molecule has 4 aromatic heterocycles. The molecule has 0 aliphatic rings. The molecule has 0 unspecified atom stereocenters. The maximum absolute atomic E-state index is 6.51. The summed E-state index contributed by atoms with van der Waals surface area (Å²) in [5, 5.41) is 9.41. The van der Waals surface area contributed by atoms with Gasteiger partial charge in [-0.25, -0.2) is 0 Å². The van der Waals surface area contributed by atoms with Crippen LogP contribution < -0.4 is 0 Å². The van der Waals surface area contributed by atoms with Crippen LogP contribution in [-0.4, -0.2) is 14.1 Å². The van der Waals surface area contributed by atoms with Crippen molar-refractivity contribution >= 4 is 76.3 Å². The van der Waals surface area contributed by atoms with Gasteiger partial charge in [-0.2, -0.15) is 0 Å². The first-order chi connectivity index (χ1) is 24.3. The molecule has 7 aromatic carbocycles. The van der Waals surface area contributed by atoms with Gasteiger partial charge < -0.3 is 13.6 Å². The van der Waals surface area contributed by atoms with E-state index in [2.05, 4.69) is 160 Å². The smallest absolute Gasteiger partial charge is 0.137 e. The largest absolute Gasteiger partial charge is 0.456 e. The van der Waals surface area contributed by atoms with Gasteiger partial charge in [0, 0.05) is 61.7 Å². The Morgan fingerprint density at radius 3 is 1.78 bits per heavy atom. The summed E-state index contributed by atoms with van der Waals surface area (Å²) in [7, 11) is 0. The minimum atomic E-state index is 0.875. The van der Waals surface area contributed by atoms with E-state index in [1.807, 2.05) is 18.5 Å². The SMILES string of the molecule is c1cc(-n2c3ccccc3c3ccc(-c4cc5c(cc4-n4c6ccccc6c6ccccc64)oc4ccccc45)cc32)c2cnccc2c1. The van der Waals surface area contributed by atoms with E-state index in [1.54, 1.807) is 0 Å². The average molecular weight is 626 g/mol. The summed E-state index contributed by atoms with van der Waals surface area (Å²) in [6.07, 6.45) is 3.84. The molecule has 11 aromatic rings.